The summed E-state index contributed by atoms with van der Waals surface area (Å²) in [6, 6.07) is 3.95. The fourth-order valence-corrected chi connectivity index (χ4v) is 4.93. The van der Waals surface area contributed by atoms with E-state index in [4.69, 9.17) is 14.4 Å². The minimum absolute atomic E-state index is 0.0679. The summed E-state index contributed by atoms with van der Waals surface area (Å²) in [6.45, 7) is 5.68. The number of hydrogen-bond acceptors (Lipinski definition) is 6. The number of benzene rings is 1. The molecule has 1 spiro atoms. The van der Waals surface area contributed by atoms with E-state index >= 15 is 0 Å². The first-order valence-corrected chi connectivity index (χ1v) is 10.1. The molecule has 1 amide bonds. The van der Waals surface area contributed by atoms with Crippen LogP contribution in [0.25, 0.3) is 5.57 Å². The van der Waals surface area contributed by atoms with Crippen LogP contribution < -0.4 is 0 Å². The molecule has 1 aromatic rings. The van der Waals surface area contributed by atoms with Gasteiger partial charge in [-0.1, -0.05) is 22.0 Å². The zero-order valence-electron chi connectivity index (χ0n) is 16.7. The maximum Gasteiger partial charge on any atom is 0.282 e. The lowest BCUT2D eigenvalue weighted by atomic mass is 9.85. The Morgan fingerprint density at radius 2 is 1.86 bits per heavy atom. The van der Waals surface area contributed by atoms with Crippen LogP contribution >= 0.6 is 15.9 Å². The monoisotopic (exact) mass is 454 g/mol. The molecule has 0 bridgehead atoms. The first-order valence-electron chi connectivity index (χ1n) is 9.32. The summed E-state index contributed by atoms with van der Waals surface area (Å²) in [7, 11) is 3.20. The molecule has 2 heterocycles. The van der Waals surface area contributed by atoms with Crippen molar-refractivity contribution in [3.8, 4) is 0 Å². The van der Waals surface area contributed by atoms with E-state index in [0.717, 1.165) is 15.6 Å². The van der Waals surface area contributed by atoms with Crippen LogP contribution in [-0.4, -0.2) is 67.2 Å². The van der Waals surface area contributed by atoms with Crippen LogP contribution in [0, 0.1) is 13.8 Å². The second kappa shape index (κ2) is 8.51. The topological polar surface area (TPSA) is 71.5 Å². The van der Waals surface area contributed by atoms with Crippen LogP contribution in [0.3, 0.4) is 0 Å². The molecule has 0 unspecified atom stereocenters. The molecule has 8 heteroatoms. The Hall–Kier alpha value is -1.45. The molecular weight excluding hydrogens is 428 g/mol. The summed E-state index contributed by atoms with van der Waals surface area (Å²) >= 11 is 3.57. The standard InChI is InChI=1S/C20H27BrN2O5/c1-13-11-14(2)16(15(21)12-13)17-18(24)20(5-7-22(27-4)8-6-20)23(19(17)25)28-10-9-26-3/h11-12,24H,5-10H2,1-4H3. The lowest BCUT2D eigenvalue weighted by Gasteiger charge is -2.42. The van der Waals surface area contributed by atoms with Crippen LogP contribution in [0.4, 0.5) is 0 Å². The van der Waals surface area contributed by atoms with Gasteiger partial charge < -0.3 is 14.7 Å². The zero-order valence-corrected chi connectivity index (χ0v) is 18.3. The molecule has 0 saturated carbocycles. The van der Waals surface area contributed by atoms with E-state index in [-0.39, 0.29) is 18.3 Å². The highest BCUT2D eigenvalue weighted by Gasteiger charge is 2.55. The number of rotatable bonds is 6. The fraction of sp³-hybridized carbons (Fsp3) is 0.550. The highest BCUT2D eigenvalue weighted by molar-refractivity contribution is 9.10. The first-order chi connectivity index (χ1) is 13.4. The number of halogens is 1. The van der Waals surface area contributed by atoms with Crippen molar-refractivity contribution < 1.29 is 24.3 Å². The van der Waals surface area contributed by atoms with Crippen molar-refractivity contribution >= 4 is 27.4 Å². The van der Waals surface area contributed by atoms with Gasteiger partial charge in [-0.2, -0.15) is 5.06 Å². The van der Waals surface area contributed by atoms with Gasteiger partial charge in [0.05, 0.1) is 25.9 Å². The summed E-state index contributed by atoms with van der Waals surface area (Å²) in [6.07, 6.45) is 1.02. The molecule has 0 aromatic heterocycles. The predicted molar refractivity (Wildman–Crippen MR) is 108 cm³/mol. The van der Waals surface area contributed by atoms with Crippen LogP contribution in [0.15, 0.2) is 22.4 Å². The van der Waals surface area contributed by atoms with E-state index in [0.29, 0.717) is 43.7 Å². The number of ether oxygens (including phenoxy) is 1. The van der Waals surface area contributed by atoms with Gasteiger partial charge in [-0.25, -0.2) is 5.06 Å². The smallest absolute Gasteiger partial charge is 0.282 e. The number of aliphatic hydroxyl groups excluding tert-OH is 1. The lowest BCUT2D eigenvalue weighted by molar-refractivity contribution is -0.235. The highest BCUT2D eigenvalue weighted by atomic mass is 79.9. The summed E-state index contributed by atoms with van der Waals surface area (Å²) < 4.78 is 5.84. The van der Waals surface area contributed by atoms with Crippen molar-refractivity contribution in [3.63, 3.8) is 0 Å². The molecule has 7 nitrogen and oxygen atoms in total. The molecule has 2 aliphatic heterocycles. The second-order valence-corrected chi connectivity index (χ2v) is 8.09. The molecule has 1 aromatic carbocycles. The van der Waals surface area contributed by atoms with E-state index < -0.39 is 5.54 Å². The normalized spacial score (nSPS) is 19.9. The number of hydroxylamine groups is 4. The third-order valence-electron chi connectivity index (χ3n) is 5.46. The molecule has 28 heavy (non-hydrogen) atoms. The summed E-state index contributed by atoms with van der Waals surface area (Å²) in [5.74, 6) is -0.259. The Morgan fingerprint density at radius 1 is 1.18 bits per heavy atom. The quantitative estimate of drug-likeness (QED) is 0.665. The van der Waals surface area contributed by atoms with E-state index in [1.807, 2.05) is 31.0 Å². The number of piperidine rings is 1. The molecular formula is C20H27BrN2O5. The van der Waals surface area contributed by atoms with Crippen molar-refractivity contribution in [2.45, 2.75) is 32.2 Å². The number of aliphatic hydroxyl groups is 1. The van der Waals surface area contributed by atoms with Crippen molar-refractivity contribution in [1.82, 2.24) is 10.1 Å². The first kappa shape index (κ1) is 21.3. The van der Waals surface area contributed by atoms with Gasteiger partial charge in [-0.15, -0.1) is 0 Å². The van der Waals surface area contributed by atoms with Gasteiger partial charge in [0.15, 0.2) is 0 Å². The Bertz CT molecular complexity index is 764. The molecule has 3 rings (SSSR count). The molecule has 2 aliphatic rings. The van der Waals surface area contributed by atoms with Crippen molar-refractivity contribution in [2.24, 2.45) is 0 Å². The SMILES string of the molecule is COCCON1C(=O)C(c2c(C)cc(C)cc2Br)=C(O)C12CCN(OC)CC2. The van der Waals surface area contributed by atoms with Gasteiger partial charge >= 0.3 is 0 Å². The van der Waals surface area contributed by atoms with E-state index in [1.165, 1.54) is 5.06 Å². The molecule has 0 radical (unpaired) electrons. The van der Waals surface area contributed by atoms with Crippen LogP contribution in [0.1, 0.15) is 29.5 Å². The van der Waals surface area contributed by atoms with Crippen LogP contribution in [-0.2, 0) is 19.2 Å². The Labute approximate surface area is 173 Å². The predicted octanol–water partition coefficient (Wildman–Crippen LogP) is 3.15. The number of carbonyl (C=O) groups is 1. The number of hydrogen-bond donors (Lipinski definition) is 1. The molecule has 0 aliphatic carbocycles. The minimum atomic E-state index is -0.897. The zero-order chi connectivity index (χ0) is 20.5. The molecule has 154 valence electrons. The third kappa shape index (κ3) is 3.59. The van der Waals surface area contributed by atoms with Crippen LogP contribution in [0.5, 0.6) is 0 Å². The average Bonchev–Trinajstić information content (AvgIpc) is 2.84. The Morgan fingerprint density at radius 3 is 2.43 bits per heavy atom. The fourth-order valence-electron chi connectivity index (χ4n) is 4.06. The van der Waals surface area contributed by atoms with Crippen LogP contribution in [0.2, 0.25) is 0 Å². The van der Waals surface area contributed by atoms with E-state index in [9.17, 15) is 9.90 Å². The van der Waals surface area contributed by atoms with Gasteiger partial charge in [0.25, 0.3) is 5.91 Å². The summed E-state index contributed by atoms with van der Waals surface area (Å²) in [4.78, 5) is 24.5. The lowest BCUT2D eigenvalue weighted by Crippen LogP contribution is -2.55. The maximum atomic E-state index is 13.4. The second-order valence-electron chi connectivity index (χ2n) is 7.23. The van der Waals surface area contributed by atoms with Crippen molar-refractivity contribution in [2.75, 3.05) is 40.5 Å². The summed E-state index contributed by atoms with van der Waals surface area (Å²) in [5, 5.41) is 14.5. The molecule has 1 saturated heterocycles. The average molecular weight is 455 g/mol. The van der Waals surface area contributed by atoms with Crippen molar-refractivity contribution in [1.29, 1.82) is 0 Å². The van der Waals surface area contributed by atoms with Gasteiger partial charge in [0.2, 0.25) is 0 Å². The van der Waals surface area contributed by atoms with Gasteiger partial charge in [0, 0.05) is 30.2 Å². The number of aryl methyl sites for hydroxylation is 2. The van der Waals surface area contributed by atoms with Gasteiger partial charge in [-0.05, 0) is 43.9 Å². The van der Waals surface area contributed by atoms with E-state index in [2.05, 4.69) is 15.9 Å². The molecule has 1 fully saturated rings. The van der Waals surface area contributed by atoms with Gasteiger partial charge in [-0.3, -0.25) is 9.63 Å². The largest absolute Gasteiger partial charge is 0.509 e. The molecule has 1 N–H and O–H groups in total. The Balaban J connectivity index is 2.06. The van der Waals surface area contributed by atoms with E-state index in [1.54, 1.807) is 14.2 Å². The highest BCUT2D eigenvalue weighted by Crippen LogP contribution is 2.47. The number of carbonyl (C=O) groups excluding carboxylic acids is 1. The minimum Gasteiger partial charge on any atom is -0.509 e. The third-order valence-corrected chi connectivity index (χ3v) is 6.09. The number of methoxy groups -OCH3 is 1. The Kier molecular flexibility index (Phi) is 6.46. The molecule has 0 atom stereocenters. The van der Waals surface area contributed by atoms with Gasteiger partial charge in [0.1, 0.15) is 11.3 Å². The summed E-state index contributed by atoms with van der Waals surface area (Å²) in [5.41, 5.74) is 2.11. The maximum absolute atomic E-state index is 13.4. The number of amides is 1. The number of nitrogens with zero attached hydrogens (tertiary/aromatic N) is 2. The van der Waals surface area contributed by atoms with Crippen molar-refractivity contribution in [3.05, 3.63) is 39.1 Å².